The number of nitrogens with zero attached hydrogens (tertiary/aromatic N) is 2. The van der Waals surface area contributed by atoms with Crippen LogP contribution in [0.4, 0.5) is 18.0 Å². The zero-order valence-corrected chi connectivity index (χ0v) is 13.8. The number of carbonyl (C=O) groups is 1. The van der Waals surface area contributed by atoms with Crippen LogP contribution in [0.25, 0.3) is 0 Å². The molecule has 1 saturated heterocycles. The summed E-state index contributed by atoms with van der Waals surface area (Å²) in [4.78, 5) is 16.9. The Labute approximate surface area is 138 Å². The van der Waals surface area contributed by atoms with Crippen LogP contribution in [0.5, 0.6) is 0 Å². The third-order valence-corrected chi connectivity index (χ3v) is 3.66. The summed E-state index contributed by atoms with van der Waals surface area (Å²) in [7, 11) is 0. The lowest BCUT2D eigenvalue weighted by molar-refractivity contribution is -0.141. The molecule has 1 fully saturated rings. The van der Waals surface area contributed by atoms with Crippen molar-refractivity contribution in [3.05, 3.63) is 29.6 Å². The number of aliphatic hydroxyl groups is 1. The molecule has 134 valence electrons. The van der Waals surface area contributed by atoms with Gasteiger partial charge < -0.3 is 9.84 Å². The molecule has 1 aromatic rings. The summed E-state index contributed by atoms with van der Waals surface area (Å²) in [6.07, 6.45) is -3.66. The van der Waals surface area contributed by atoms with Gasteiger partial charge >= 0.3 is 12.3 Å². The third-order valence-electron chi connectivity index (χ3n) is 3.66. The molecule has 5 nitrogen and oxygen atoms in total. The fourth-order valence-electron chi connectivity index (χ4n) is 2.63. The minimum atomic E-state index is -4.48. The highest BCUT2D eigenvalue weighted by Crippen LogP contribution is 2.29. The standard InChI is InChI=1S/C16H21F3N2O3/c1-15(2,3)24-14(23)21-11(5-7-13(21)22)8-10-4-6-12(20-9-10)16(17,18)19/h4,6,9,11,13,22H,5,7-8H2,1-3H3/t11-,13+/m1/s1. The predicted molar refractivity (Wildman–Crippen MR) is 80.0 cm³/mol. The van der Waals surface area contributed by atoms with Crippen LogP contribution in [0.3, 0.4) is 0 Å². The molecule has 0 radical (unpaired) electrons. The van der Waals surface area contributed by atoms with E-state index >= 15 is 0 Å². The molecule has 2 heterocycles. The van der Waals surface area contributed by atoms with Crippen molar-refractivity contribution in [3.8, 4) is 0 Å². The van der Waals surface area contributed by atoms with E-state index in [1.54, 1.807) is 20.8 Å². The van der Waals surface area contributed by atoms with Crippen molar-refractivity contribution in [2.24, 2.45) is 0 Å². The van der Waals surface area contributed by atoms with Gasteiger partial charge in [0.1, 0.15) is 17.5 Å². The largest absolute Gasteiger partial charge is 0.444 e. The van der Waals surface area contributed by atoms with E-state index in [9.17, 15) is 23.1 Å². The van der Waals surface area contributed by atoms with Crippen LogP contribution < -0.4 is 0 Å². The monoisotopic (exact) mass is 346 g/mol. The van der Waals surface area contributed by atoms with E-state index in [0.29, 0.717) is 24.8 Å². The van der Waals surface area contributed by atoms with E-state index in [2.05, 4.69) is 4.98 Å². The van der Waals surface area contributed by atoms with Crippen molar-refractivity contribution >= 4 is 6.09 Å². The van der Waals surface area contributed by atoms with E-state index in [0.717, 1.165) is 12.3 Å². The van der Waals surface area contributed by atoms with Crippen LogP contribution in [0, 0.1) is 0 Å². The van der Waals surface area contributed by atoms with Crippen molar-refractivity contribution in [2.45, 2.75) is 64.1 Å². The van der Waals surface area contributed by atoms with E-state index in [1.807, 2.05) is 0 Å². The van der Waals surface area contributed by atoms with Crippen molar-refractivity contribution in [1.29, 1.82) is 0 Å². The summed E-state index contributed by atoms with van der Waals surface area (Å²) < 4.78 is 42.9. The third kappa shape index (κ3) is 4.59. The number of ether oxygens (including phenoxy) is 1. The van der Waals surface area contributed by atoms with Crippen LogP contribution >= 0.6 is 0 Å². The highest BCUT2D eigenvalue weighted by Gasteiger charge is 2.38. The number of amides is 1. The molecule has 1 aliphatic rings. The fourth-order valence-corrected chi connectivity index (χ4v) is 2.63. The first kappa shape index (κ1) is 18.5. The molecule has 8 heteroatoms. The maximum absolute atomic E-state index is 12.5. The van der Waals surface area contributed by atoms with E-state index in [-0.39, 0.29) is 6.04 Å². The van der Waals surface area contributed by atoms with Gasteiger partial charge in [0, 0.05) is 12.2 Å². The minimum Gasteiger partial charge on any atom is -0.444 e. The van der Waals surface area contributed by atoms with Crippen molar-refractivity contribution in [1.82, 2.24) is 9.88 Å². The second kappa shape index (κ2) is 6.58. The maximum atomic E-state index is 12.5. The summed E-state index contributed by atoms with van der Waals surface area (Å²) in [6, 6.07) is 1.92. The summed E-state index contributed by atoms with van der Waals surface area (Å²) in [6.45, 7) is 5.17. The van der Waals surface area contributed by atoms with Gasteiger partial charge in [0.25, 0.3) is 0 Å². The Bertz CT molecular complexity index is 582. The quantitative estimate of drug-likeness (QED) is 0.892. The summed E-state index contributed by atoms with van der Waals surface area (Å²) in [5.41, 5.74) is -1.09. The van der Waals surface area contributed by atoms with E-state index in [4.69, 9.17) is 4.74 Å². The number of aliphatic hydroxyl groups excluding tert-OH is 1. The molecule has 0 unspecified atom stereocenters. The molecule has 0 spiro atoms. The van der Waals surface area contributed by atoms with Gasteiger partial charge in [0.2, 0.25) is 0 Å². The Morgan fingerprint density at radius 3 is 2.50 bits per heavy atom. The number of carbonyl (C=O) groups excluding carboxylic acids is 1. The Balaban J connectivity index is 2.09. The van der Waals surface area contributed by atoms with Crippen LogP contribution in [0.1, 0.15) is 44.9 Å². The number of hydrogen-bond donors (Lipinski definition) is 1. The molecule has 2 rings (SSSR count). The van der Waals surface area contributed by atoms with Crippen LogP contribution in [0.15, 0.2) is 18.3 Å². The maximum Gasteiger partial charge on any atom is 0.433 e. The second-order valence-electron chi connectivity index (χ2n) is 6.85. The Kier molecular flexibility index (Phi) is 5.08. The van der Waals surface area contributed by atoms with Gasteiger partial charge in [0.15, 0.2) is 0 Å². The zero-order chi connectivity index (χ0) is 18.1. The average molecular weight is 346 g/mol. The Hall–Kier alpha value is -1.83. The minimum absolute atomic E-state index is 0.307. The number of halogens is 3. The first-order chi connectivity index (χ1) is 11.0. The molecule has 0 bridgehead atoms. The smallest absolute Gasteiger partial charge is 0.433 e. The number of aromatic nitrogens is 1. The molecule has 1 amide bonds. The van der Waals surface area contributed by atoms with Gasteiger partial charge in [-0.2, -0.15) is 13.2 Å². The van der Waals surface area contributed by atoms with Gasteiger partial charge in [-0.15, -0.1) is 0 Å². The van der Waals surface area contributed by atoms with Gasteiger partial charge in [-0.1, -0.05) is 6.07 Å². The molecule has 2 atom stereocenters. The predicted octanol–water partition coefficient (Wildman–Crippen LogP) is 3.36. The molecule has 1 aliphatic heterocycles. The van der Waals surface area contributed by atoms with E-state index < -0.39 is 29.8 Å². The van der Waals surface area contributed by atoms with Gasteiger partial charge in [-0.05, 0) is 51.7 Å². The topological polar surface area (TPSA) is 62.7 Å². The second-order valence-corrected chi connectivity index (χ2v) is 6.85. The number of hydrogen-bond acceptors (Lipinski definition) is 4. The lowest BCUT2D eigenvalue weighted by Crippen LogP contribution is -2.45. The van der Waals surface area contributed by atoms with Crippen molar-refractivity contribution in [3.63, 3.8) is 0 Å². The molecule has 24 heavy (non-hydrogen) atoms. The lowest BCUT2D eigenvalue weighted by atomic mass is 10.1. The van der Waals surface area contributed by atoms with E-state index in [1.165, 1.54) is 11.0 Å². The van der Waals surface area contributed by atoms with Crippen LogP contribution in [-0.2, 0) is 17.3 Å². The SMILES string of the molecule is CC(C)(C)OC(=O)N1[C@@H](Cc2ccc(C(F)(F)F)nc2)CC[C@@H]1O. The first-order valence-corrected chi connectivity index (χ1v) is 7.69. The number of pyridine rings is 1. The summed E-state index contributed by atoms with van der Waals surface area (Å²) >= 11 is 0. The molecule has 1 aromatic heterocycles. The number of likely N-dealkylation sites (tertiary alicyclic amines) is 1. The van der Waals surface area contributed by atoms with Gasteiger partial charge in [0.05, 0.1) is 0 Å². The molecule has 0 aliphatic carbocycles. The molecule has 1 N–H and O–H groups in total. The van der Waals surface area contributed by atoms with Crippen molar-refractivity contribution < 1.29 is 27.8 Å². The molecule has 0 aromatic carbocycles. The number of alkyl halides is 3. The Morgan fingerprint density at radius 2 is 2.00 bits per heavy atom. The number of rotatable bonds is 2. The molecule has 0 saturated carbocycles. The van der Waals surface area contributed by atoms with Gasteiger partial charge in [-0.25, -0.2) is 4.79 Å². The lowest BCUT2D eigenvalue weighted by Gasteiger charge is -2.30. The molecular formula is C16H21F3N2O3. The summed E-state index contributed by atoms with van der Waals surface area (Å²) in [5.74, 6) is 0. The highest BCUT2D eigenvalue weighted by atomic mass is 19.4. The Morgan fingerprint density at radius 1 is 1.33 bits per heavy atom. The summed E-state index contributed by atoms with van der Waals surface area (Å²) in [5, 5.41) is 10.0. The zero-order valence-electron chi connectivity index (χ0n) is 13.8. The van der Waals surface area contributed by atoms with Crippen LogP contribution in [-0.4, -0.2) is 39.0 Å². The van der Waals surface area contributed by atoms with Gasteiger partial charge in [-0.3, -0.25) is 9.88 Å². The average Bonchev–Trinajstić information content (AvgIpc) is 2.77. The molecular weight excluding hydrogens is 325 g/mol. The normalized spacial score (nSPS) is 21.9. The van der Waals surface area contributed by atoms with Crippen molar-refractivity contribution in [2.75, 3.05) is 0 Å². The fraction of sp³-hybridized carbons (Fsp3) is 0.625. The first-order valence-electron chi connectivity index (χ1n) is 7.69. The van der Waals surface area contributed by atoms with Crippen LogP contribution in [0.2, 0.25) is 0 Å². The highest BCUT2D eigenvalue weighted by molar-refractivity contribution is 5.69.